The summed E-state index contributed by atoms with van der Waals surface area (Å²) in [6.07, 6.45) is 1.10. The molecule has 15 heavy (non-hydrogen) atoms. The lowest BCUT2D eigenvalue weighted by atomic mass is 10.2. The third-order valence-corrected chi connectivity index (χ3v) is 2.48. The summed E-state index contributed by atoms with van der Waals surface area (Å²) in [7, 11) is 3.31. The monoisotopic (exact) mass is 213 g/mol. The Balaban J connectivity index is 1.97. The molecule has 0 aliphatic carbocycles. The quantitative estimate of drug-likeness (QED) is 0.774. The first-order valence-corrected chi connectivity index (χ1v) is 4.91. The second kappa shape index (κ2) is 4.69. The molecule has 0 spiro atoms. The zero-order valence-corrected chi connectivity index (χ0v) is 8.90. The summed E-state index contributed by atoms with van der Waals surface area (Å²) < 4.78 is 15.3. The molecule has 84 valence electrons. The first-order valence-electron chi connectivity index (χ1n) is 4.91. The van der Waals surface area contributed by atoms with Gasteiger partial charge in [0.25, 0.3) is 0 Å². The Labute approximate surface area is 87.9 Å². The van der Waals surface area contributed by atoms with Crippen molar-refractivity contribution in [1.82, 2.24) is 15.5 Å². The van der Waals surface area contributed by atoms with Crippen LogP contribution in [0.3, 0.4) is 0 Å². The molecule has 2 rings (SSSR count). The second-order valence-electron chi connectivity index (χ2n) is 3.54. The molecule has 1 aliphatic rings. The van der Waals surface area contributed by atoms with Crippen LogP contribution >= 0.6 is 0 Å². The fraction of sp³-hybridized carbons (Fsp3) is 0.778. The minimum absolute atomic E-state index is 0.105. The van der Waals surface area contributed by atoms with Gasteiger partial charge in [0.1, 0.15) is 6.61 Å². The third kappa shape index (κ3) is 2.34. The Morgan fingerprint density at radius 1 is 1.53 bits per heavy atom. The van der Waals surface area contributed by atoms with Crippen molar-refractivity contribution >= 4 is 0 Å². The Bertz CT molecular complexity index is 315. The Kier molecular flexibility index (Phi) is 3.30. The topological polar surface area (TPSA) is 69.4 Å². The average molecular weight is 213 g/mol. The zero-order valence-electron chi connectivity index (χ0n) is 8.90. The molecule has 6 heteroatoms. The highest BCUT2D eigenvalue weighted by atomic mass is 16.5. The second-order valence-corrected chi connectivity index (χ2v) is 3.54. The summed E-state index contributed by atoms with van der Waals surface area (Å²) in [4.78, 5) is 4.23. The number of methoxy groups -OCH3 is 2. The number of hydrogen-bond acceptors (Lipinski definition) is 6. The van der Waals surface area contributed by atoms with Crippen molar-refractivity contribution < 1.29 is 14.0 Å². The van der Waals surface area contributed by atoms with Gasteiger partial charge >= 0.3 is 0 Å². The summed E-state index contributed by atoms with van der Waals surface area (Å²) in [5.41, 5.74) is 0. The average Bonchev–Trinajstić information content (AvgIpc) is 2.85. The van der Waals surface area contributed by atoms with Gasteiger partial charge in [0, 0.05) is 20.8 Å². The number of nitrogens with zero attached hydrogens (tertiary/aromatic N) is 2. The van der Waals surface area contributed by atoms with Crippen molar-refractivity contribution in [3.8, 4) is 0 Å². The van der Waals surface area contributed by atoms with Crippen molar-refractivity contribution in [2.24, 2.45) is 0 Å². The van der Waals surface area contributed by atoms with Crippen molar-refractivity contribution in [2.45, 2.75) is 25.2 Å². The molecule has 6 nitrogen and oxygen atoms in total. The molecule has 2 atom stereocenters. The molecule has 0 bridgehead atoms. The van der Waals surface area contributed by atoms with Crippen LogP contribution in [0.2, 0.25) is 0 Å². The predicted octanol–water partition coefficient (Wildman–Crippen LogP) is 0.265. The van der Waals surface area contributed by atoms with Gasteiger partial charge in [-0.15, -0.1) is 0 Å². The van der Waals surface area contributed by atoms with Crippen molar-refractivity contribution in [1.29, 1.82) is 0 Å². The molecule has 2 unspecified atom stereocenters. The van der Waals surface area contributed by atoms with Gasteiger partial charge in [-0.25, -0.2) is 0 Å². The summed E-state index contributed by atoms with van der Waals surface area (Å²) in [6, 6.07) is 0.105. The molecule has 2 heterocycles. The standard InChI is InChI=1S/C9H15N3O3/c1-13-5-8-11-9(15-12-8)7-3-6(14-2)4-10-7/h6-7,10H,3-5H2,1-2H3. The van der Waals surface area contributed by atoms with E-state index in [1.54, 1.807) is 14.2 Å². The van der Waals surface area contributed by atoms with Crippen LogP contribution in [0.5, 0.6) is 0 Å². The highest BCUT2D eigenvalue weighted by Crippen LogP contribution is 2.23. The Morgan fingerprint density at radius 3 is 3.07 bits per heavy atom. The van der Waals surface area contributed by atoms with E-state index in [4.69, 9.17) is 14.0 Å². The summed E-state index contributed by atoms with van der Waals surface area (Å²) in [5.74, 6) is 1.19. The van der Waals surface area contributed by atoms with Crippen LogP contribution < -0.4 is 5.32 Å². The van der Waals surface area contributed by atoms with Gasteiger partial charge in [-0.3, -0.25) is 0 Å². The van der Waals surface area contributed by atoms with E-state index < -0.39 is 0 Å². The van der Waals surface area contributed by atoms with Gasteiger partial charge in [0.15, 0.2) is 5.82 Å². The maximum atomic E-state index is 5.24. The number of rotatable bonds is 4. The molecular formula is C9H15N3O3. The highest BCUT2D eigenvalue weighted by molar-refractivity contribution is 4.97. The van der Waals surface area contributed by atoms with E-state index in [9.17, 15) is 0 Å². The smallest absolute Gasteiger partial charge is 0.243 e. The lowest BCUT2D eigenvalue weighted by molar-refractivity contribution is 0.116. The summed E-state index contributed by atoms with van der Waals surface area (Å²) in [6.45, 7) is 1.20. The molecule has 0 aromatic carbocycles. The number of nitrogens with one attached hydrogen (secondary N) is 1. The van der Waals surface area contributed by atoms with E-state index in [1.807, 2.05) is 0 Å². The van der Waals surface area contributed by atoms with Gasteiger partial charge in [0.05, 0.1) is 12.1 Å². The van der Waals surface area contributed by atoms with Crippen LogP contribution in [0, 0.1) is 0 Å². The minimum atomic E-state index is 0.105. The van der Waals surface area contributed by atoms with Crippen molar-refractivity contribution in [3.05, 3.63) is 11.7 Å². The Hall–Kier alpha value is -0.980. The lowest BCUT2D eigenvalue weighted by Crippen LogP contribution is -2.16. The molecule has 0 radical (unpaired) electrons. The SMILES string of the molecule is COCc1noc(C2CC(OC)CN2)n1. The maximum absolute atomic E-state index is 5.24. The molecule has 0 saturated carbocycles. The highest BCUT2D eigenvalue weighted by Gasteiger charge is 2.29. The van der Waals surface area contributed by atoms with Crippen LogP contribution in [0.15, 0.2) is 4.52 Å². The molecular weight excluding hydrogens is 198 g/mol. The predicted molar refractivity (Wildman–Crippen MR) is 51.2 cm³/mol. The first-order chi connectivity index (χ1) is 7.33. The number of ether oxygens (including phenoxy) is 2. The maximum Gasteiger partial charge on any atom is 0.243 e. The molecule has 1 aromatic heterocycles. The van der Waals surface area contributed by atoms with E-state index in [2.05, 4.69) is 15.5 Å². The van der Waals surface area contributed by atoms with E-state index in [1.165, 1.54) is 0 Å². The van der Waals surface area contributed by atoms with Crippen molar-refractivity contribution in [3.63, 3.8) is 0 Å². The number of hydrogen-bond donors (Lipinski definition) is 1. The first kappa shape index (κ1) is 10.5. The van der Waals surface area contributed by atoms with E-state index in [0.717, 1.165) is 13.0 Å². The third-order valence-electron chi connectivity index (χ3n) is 2.48. The Morgan fingerprint density at radius 2 is 2.40 bits per heavy atom. The van der Waals surface area contributed by atoms with Gasteiger partial charge in [0.2, 0.25) is 5.89 Å². The lowest BCUT2D eigenvalue weighted by Gasteiger charge is -2.04. The normalized spacial score (nSPS) is 26.0. The van der Waals surface area contributed by atoms with Crippen LogP contribution in [0.4, 0.5) is 0 Å². The summed E-state index contributed by atoms with van der Waals surface area (Å²) >= 11 is 0. The number of aromatic nitrogens is 2. The molecule has 1 fully saturated rings. The molecule has 1 saturated heterocycles. The molecule has 1 aliphatic heterocycles. The van der Waals surface area contributed by atoms with Crippen LogP contribution in [0.25, 0.3) is 0 Å². The van der Waals surface area contributed by atoms with Gasteiger partial charge in [-0.1, -0.05) is 5.16 Å². The minimum Gasteiger partial charge on any atom is -0.380 e. The van der Waals surface area contributed by atoms with Gasteiger partial charge in [-0.05, 0) is 6.42 Å². The van der Waals surface area contributed by atoms with E-state index in [-0.39, 0.29) is 12.1 Å². The largest absolute Gasteiger partial charge is 0.380 e. The van der Waals surface area contributed by atoms with Gasteiger partial charge in [-0.2, -0.15) is 4.98 Å². The van der Waals surface area contributed by atoms with E-state index >= 15 is 0 Å². The fourth-order valence-electron chi connectivity index (χ4n) is 1.67. The van der Waals surface area contributed by atoms with Gasteiger partial charge < -0.3 is 19.3 Å². The van der Waals surface area contributed by atoms with Crippen LogP contribution in [-0.2, 0) is 16.1 Å². The molecule has 1 aromatic rings. The van der Waals surface area contributed by atoms with E-state index in [0.29, 0.717) is 18.3 Å². The molecule has 1 N–H and O–H groups in total. The van der Waals surface area contributed by atoms with Crippen molar-refractivity contribution in [2.75, 3.05) is 20.8 Å². The molecule has 0 amide bonds. The van der Waals surface area contributed by atoms with Crippen LogP contribution in [0.1, 0.15) is 24.2 Å². The zero-order chi connectivity index (χ0) is 10.7. The van der Waals surface area contributed by atoms with Crippen LogP contribution in [-0.4, -0.2) is 37.0 Å². The summed E-state index contributed by atoms with van der Waals surface area (Å²) in [5, 5.41) is 7.08. The fourth-order valence-corrected chi connectivity index (χ4v) is 1.67.